The number of carbonyl (C=O) groups is 1. The van der Waals surface area contributed by atoms with Crippen molar-refractivity contribution in [2.45, 2.75) is 6.54 Å². The van der Waals surface area contributed by atoms with Gasteiger partial charge in [-0.25, -0.2) is 4.68 Å². The normalized spacial score (nSPS) is 10.3. The Bertz CT molecular complexity index is 936. The number of carbonyl (C=O) groups excluding carboxylic acids is 1. The van der Waals surface area contributed by atoms with Gasteiger partial charge in [-0.05, 0) is 18.2 Å². The van der Waals surface area contributed by atoms with Crippen LogP contribution in [0.3, 0.4) is 0 Å². The molecule has 0 fully saturated rings. The Morgan fingerprint density at radius 3 is 2.64 bits per heavy atom. The average Bonchev–Trinajstić information content (AvgIpc) is 2.64. The Morgan fingerprint density at radius 2 is 1.88 bits per heavy atom. The SMILES string of the molecule is COc1cccc(NC(=O)Cn2nc(-c3ccccc3)ccc2=O)c1. The molecule has 0 aliphatic heterocycles. The highest BCUT2D eigenvalue weighted by molar-refractivity contribution is 5.90. The Kier molecular flexibility index (Phi) is 4.89. The number of anilines is 1. The lowest BCUT2D eigenvalue weighted by Crippen LogP contribution is -2.29. The fourth-order valence-corrected chi connectivity index (χ4v) is 2.36. The van der Waals surface area contributed by atoms with Gasteiger partial charge in [0.25, 0.3) is 5.56 Å². The lowest BCUT2D eigenvalue weighted by molar-refractivity contribution is -0.117. The van der Waals surface area contributed by atoms with Crippen molar-refractivity contribution in [2.24, 2.45) is 0 Å². The summed E-state index contributed by atoms with van der Waals surface area (Å²) in [7, 11) is 1.56. The van der Waals surface area contributed by atoms with E-state index in [1.54, 1.807) is 37.4 Å². The van der Waals surface area contributed by atoms with Crippen LogP contribution in [-0.4, -0.2) is 22.8 Å². The monoisotopic (exact) mass is 335 g/mol. The molecule has 0 aliphatic rings. The van der Waals surface area contributed by atoms with Gasteiger partial charge in [0.15, 0.2) is 0 Å². The van der Waals surface area contributed by atoms with Crippen molar-refractivity contribution in [3.63, 3.8) is 0 Å². The van der Waals surface area contributed by atoms with Crippen molar-refractivity contribution in [3.8, 4) is 17.0 Å². The highest BCUT2D eigenvalue weighted by Crippen LogP contribution is 2.17. The summed E-state index contributed by atoms with van der Waals surface area (Å²) in [5.74, 6) is 0.298. The van der Waals surface area contributed by atoms with Crippen LogP contribution in [0.1, 0.15) is 0 Å². The third-order valence-corrected chi connectivity index (χ3v) is 3.58. The first-order valence-corrected chi connectivity index (χ1v) is 7.73. The predicted octanol–water partition coefficient (Wildman–Crippen LogP) is 2.56. The molecular weight excluding hydrogens is 318 g/mol. The molecule has 3 aromatic rings. The summed E-state index contributed by atoms with van der Waals surface area (Å²) in [4.78, 5) is 24.2. The summed E-state index contributed by atoms with van der Waals surface area (Å²) in [5.41, 5.74) is 1.77. The quantitative estimate of drug-likeness (QED) is 0.778. The summed E-state index contributed by atoms with van der Waals surface area (Å²) in [6, 6.07) is 19.5. The van der Waals surface area contributed by atoms with E-state index in [1.807, 2.05) is 30.3 Å². The van der Waals surface area contributed by atoms with Gasteiger partial charge in [0, 0.05) is 23.4 Å². The summed E-state index contributed by atoms with van der Waals surface area (Å²) >= 11 is 0. The van der Waals surface area contributed by atoms with Crippen molar-refractivity contribution in [3.05, 3.63) is 77.1 Å². The van der Waals surface area contributed by atoms with E-state index in [-0.39, 0.29) is 18.0 Å². The van der Waals surface area contributed by atoms with E-state index in [0.29, 0.717) is 17.1 Å². The summed E-state index contributed by atoms with van der Waals surface area (Å²) in [6.07, 6.45) is 0. The number of nitrogens with one attached hydrogen (secondary N) is 1. The van der Waals surface area contributed by atoms with Gasteiger partial charge >= 0.3 is 0 Å². The number of aromatic nitrogens is 2. The molecule has 0 radical (unpaired) electrons. The molecule has 0 saturated carbocycles. The van der Waals surface area contributed by atoms with Crippen molar-refractivity contribution in [1.29, 1.82) is 0 Å². The number of hydrogen-bond acceptors (Lipinski definition) is 4. The molecule has 6 heteroatoms. The molecule has 3 rings (SSSR count). The van der Waals surface area contributed by atoms with Crippen molar-refractivity contribution >= 4 is 11.6 Å². The van der Waals surface area contributed by atoms with E-state index in [1.165, 1.54) is 6.07 Å². The standard InChI is InChI=1S/C19H17N3O3/c1-25-16-9-5-8-15(12-16)20-18(23)13-22-19(24)11-10-17(21-22)14-6-3-2-4-7-14/h2-12H,13H2,1H3,(H,20,23). The molecule has 2 aromatic carbocycles. The van der Waals surface area contributed by atoms with Crippen LogP contribution in [0.2, 0.25) is 0 Å². The maximum atomic E-state index is 12.2. The maximum Gasteiger partial charge on any atom is 0.267 e. The minimum Gasteiger partial charge on any atom is -0.497 e. The number of rotatable bonds is 5. The van der Waals surface area contributed by atoms with Gasteiger partial charge in [-0.3, -0.25) is 9.59 Å². The van der Waals surface area contributed by atoms with Crippen LogP contribution in [0.25, 0.3) is 11.3 Å². The molecule has 0 bridgehead atoms. The van der Waals surface area contributed by atoms with Crippen LogP contribution in [0.5, 0.6) is 5.75 Å². The molecule has 0 aliphatic carbocycles. The summed E-state index contributed by atoms with van der Waals surface area (Å²) < 4.78 is 6.27. The van der Waals surface area contributed by atoms with Crippen LogP contribution in [0.15, 0.2) is 71.5 Å². The second-order valence-corrected chi connectivity index (χ2v) is 5.36. The highest BCUT2D eigenvalue weighted by atomic mass is 16.5. The summed E-state index contributed by atoms with van der Waals surface area (Å²) in [5, 5.41) is 7.01. The lowest BCUT2D eigenvalue weighted by atomic mass is 10.1. The second-order valence-electron chi connectivity index (χ2n) is 5.36. The van der Waals surface area contributed by atoms with Gasteiger partial charge in [0.05, 0.1) is 12.8 Å². The first-order chi connectivity index (χ1) is 12.2. The van der Waals surface area contributed by atoms with Crippen LogP contribution < -0.4 is 15.6 Å². The average molecular weight is 335 g/mol. The number of amides is 1. The lowest BCUT2D eigenvalue weighted by Gasteiger charge is -2.09. The minimum absolute atomic E-state index is 0.170. The zero-order valence-corrected chi connectivity index (χ0v) is 13.7. The second kappa shape index (κ2) is 7.44. The van der Waals surface area contributed by atoms with Gasteiger partial charge in [-0.1, -0.05) is 36.4 Å². The van der Waals surface area contributed by atoms with E-state index in [2.05, 4.69) is 10.4 Å². The zero-order valence-electron chi connectivity index (χ0n) is 13.7. The first-order valence-electron chi connectivity index (χ1n) is 7.73. The molecule has 0 unspecified atom stereocenters. The van der Waals surface area contributed by atoms with E-state index in [0.717, 1.165) is 10.2 Å². The van der Waals surface area contributed by atoms with E-state index < -0.39 is 0 Å². The molecule has 1 heterocycles. The largest absolute Gasteiger partial charge is 0.497 e. The molecule has 1 aromatic heterocycles. The molecule has 6 nitrogen and oxygen atoms in total. The van der Waals surface area contributed by atoms with E-state index >= 15 is 0 Å². The van der Waals surface area contributed by atoms with Gasteiger partial charge < -0.3 is 10.1 Å². The van der Waals surface area contributed by atoms with E-state index in [9.17, 15) is 9.59 Å². The summed E-state index contributed by atoms with van der Waals surface area (Å²) in [6.45, 7) is -0.170. The zero-order chi connectivity index (χ0) is 17.6. The van der Waals surface area contributed by atoms with Crippen molar-refractivity contribution in [1.82, 2.24) is 9.78 Å². The van der Waals surface area contributed by atoms with Crippen molar-refractivity contribution in [2.75, 3.05) is 12.4 Å². The fourth-order valence-electron chi connectivity index (χ4n) is 2.36. The fraction of sp³-hybridized carbons (Fsp3) is 0.105. The molecule has 0 atom stereocenters. The molecule has 25 heavy (non-hydrogen) atoms. The maximum absolute atomic E-state index is 12.2. The molecule has 126 valence electrons. The number of ether oxygens (including phenoxy) is 1. The molecule has 0 saturated heterocycles. The van der Waals surface area contributed by atoms with E-state index in [4.69, 9.17) is 4.74 Å². The van der Waals surface area contributed by atoms with Crippen LogP contribution in [-0.2, 0) is 11.3 Å². The topological polar surface area (TPSA) is 73.2 Å². The van der Waals surface area contributed by atoms with Crippen LogP contribution >= 0.6 is 0 Å². The van der Waals surface area contributed by atoms with Crippen LogP contribution in [0, 0.1) is 0 Å². The van der Waals surface area contributed by atoms with Gasteiger partial charge in [-0.2, -0.15) is 5.10 Å². The van der Waals surface area contributed by atoms with Gasteiger partial charge in [-0.15, -0.1) is 0 Å². The molecule has 0 spiro atoms. The minimum atomic E-state index is -0.340. The Hall–Kier alpha value is -3.41. The number of hydrogen-bond donors (Lipinski definition) is 1. The Labute approximate surface area is 144 Å². The number of nitrogens with zero attached hydrogens (tertiary/aromatic N) is 2. The molecule has 1 N–H and O–H groups in total. The molecular formula is C19H17N3O3. The van der Waals surface area contributed by atoms with Gasteiger partial charge in [0.1, 0.15) is 12.3 Å². The number of benzene rings is 2. The predicted molar refractivity (Wildman–Crippen MR) is 95.6 cm³/mol. The smallest absolute Gasteiger partial charge is 0.267 e. The number of methoxy groups -OCH3 is 1. The Morgan fingerprint density at radius 1 is 1.08 bits per heavy atom. The van der Waals surface area contributed by atoms with Gasteiger partial charge in [0.2, 0.25) is 5.91 Å². The highest BCUT2D eigenvalue weighted by Gasteiger charge is 2.09. The Balaban J connectivity index is 1.78. The first kappa shape index (κ1) is 16.4. The van der Waals surface area contributed by atoms with Crippen molar-refractivity contribution < 1.29 is 9.53 Å². The third-order valence-electron chi connectivity index (χ3n) is 3.58. The third kappa shape index (κ3) is 4.11. The van der Waals surface area contributed by atoms with Crippen LogP contribution in [0.4, 0.5) is 5.69 Å². The molecule has 1 amide bonds.